The topological polar surface area (TPSA) is 77.3 Å². The molecule has 0 atom stereocenters. The van der Waals surface area contributed by atoms with Gasteiger partial charge in [-0.15, -0.1) is 0 Å². The molecule has 0 saturated carbocycles. The zero-order valence-electron chi connectivity index (χ0n) is 11.5. The summed E-state index contributed by atoms with van der Waals surface area (Å²) in [5.41, 5.74) is 6.32. The fourth-order valence-corrected chi connectivity index (χ4v) is 1.87. The molecule has 2 heterocycles. The Morgan fingerprint density at radius 1 is 1.22 bits per heavy atom. The van der Waals surface area contributed by atoms with Crippen molar-refractivity contribution in [3.63, 3.8) is 0 Å². The maximum absolute atomic E-state index is 11.4. The molecule has 1 aromatic heterocycles. The Hall–Kier alpha value is -1.27. The normalized spacial score (nSPS) is 21.3. The molecule has 5 nitrogen and oxygen atoms in total. The zero-order chi connectivity index (χ0) is 13.7. The van der Waals surface area contributed by atoms with Crippen LogP contribution >= 0.6 is 0 Å². The van der Waals surface area contributed by atoms with Gasteiger partial charge < -0.3 is 20.0 Å². The number of nitrogens with two attached hydrogens (primary N) is 1. The van der Waals surface area contributed by atoms with Crippen LogP contribution in [0.1, 0.15) is 33.3 Å². The highest BCUT2D eigenvalue weighted by Crippen LogP contribution is 2.36. The van der Waals surface area contributed by atoms with Crippen LogP contribution in [0.4, 0.5) is 5.69 Å². The minimum Gasteiger partial charge on any atom is -0.399 e. The van der Waals surface area contributed by atoms with E-state index in [2.05, 4.69) is 4.98 Å². The van der Waals surface area contributed by atoms with Crippen LogP contribution in [0.2, 0.25) is 0 Å². The predicted molar refractivity (Wildman–Crippen MR) is 71.9 cm³/mol. The van der Waals surface area contributed by atoms with Crippen LogP contribution < -0.4 is 16.8 Å². The first kappa shape index (κ1) is 13.2. The Kier molecular flexibility index (Phi) is 2.83. The van der Waals surface area contributed by atoms with Crippen molar-refractivity contribution >= 4 is 18.3 Å². The van der Waals surface area contributed by atoms with E-state index < -0.39 is 18.3 Å². The highest BCUT2D eigenvalue weighted by molar-refractivity contribution is 6.62. The molecule has 1 aliphatic heterocycles. The lowest BCUT2D eigenvalue weighted by Gasteiger charge is -2.32. The Morgan fingerprint density at radius 2 is 1.72 bits per heavy atom. The molecule has 1 aromatic rings. The summed E-state index contributed by atoms with van der Waals surface area (Å²) in [5.74, 6) is 0. The Morgan fingerprint density at radius 3 is 2.22 bits per heavy atom. The van der Waals surface area contributed by atoms with Crippen molar-refractivity contribution in [1.29, 1.82) is 0 Å². The lowest BCUT2D eigenvalue weighted by atomic mass is 9.77. The molecule has 2 rings (SSSR count). The van der Waals surface area contributed by atoms with Crippen LogP contribution in [0.5, 0.6) is 0 Å². The van der Waals surface area contributed by atoms with Crippen molar-refractivity contribution in [2.24, 2.45) is 0 Å². The highest BCUT2D eigenvalue weighted by Gasteiger charge is 2.52. The molecular weight excluding hydrogens is 231 g/mol. The van der Waals surface area contributed by atoms with Gasteiger partial charge in [0.15, 0.2) is 0 Å². The van der Waals surface area contributed by atoms with Crippen LogP contribution in [0.25, 0.3) is 0 Å². The molecule has 1 aliphatic rings. The van der Waals surface area contributed by atoms with E-state index in [9.17, 15) is 4.79 Å². The van der Waals surface area contributed by atoms with Crippen LogP contribution in [0.3, 0.4) is 0 Å². The van der Waals surface area contributed by atoms with Gasteiger partial charge in [-0.3, -0.25) is 4.79 Å². The van der Waals surface area contributed by atoms with Gasteiger partial charge in [0.1, 0.15) is 5.69 Å². The van der Waals surface area contributed by atoms with E-state index in [0.29, 0.717) is 5.56 Å². The van der Waals surface area contributed by atoms with Crippen molar-refractivity contribution in [3.05, 3.63) is 22.1 Å². The van der Waals surface area contributed by atoms with Gasteiger partial charge in [-0.05, 0) is 40.2 Å². The van der Waals surface area contributed by atoms with Gasteiger partial charge >= 0.3 is 7.12 Å². The van der Waals surface area contributed by atoms with Gasteiger partial charge in [0.05, 0.1) is 11.2 Å². The molecule has 0 bridgehead atoms. The first-order chi connectivity index (χ1) is 8.16. The second-order valence-corrected chi connectivity index (χ2v) is 5.70. The second-order valence-electron chi connectivity index (χ2n) is 5.70. The quantitative estimate of drug-likeness (QED) is 0.714. The number of aromatic amines is 1. The molecule has 0 spiro atoms. The number of hydrogen-bond acceptors (Lipinski definition) is 4. The van der Waals surface area contributed by atoms with E-state index in [4.69, 9.17) is 15.0 Å². The summed E-state index contributed by atoms with van der Waals surface area (Å²) in [5, 5.41) is 0. The minimum absolute atomic E-state index is 0.210. The molecule has 0 aromatic carbocycles. The fourth-order valence-electron chi connectivity index (χ4n) is 1.87. The fraction of sp³-hybridized carbons (Fsp3) is 0.583. The number of rotatable bonds is 1. The molecule has 98 valence electrons. The Balaban J connectivity index is 2.42. The van der Waals surface area contributed by atoms with E-state index in [1.165, 1.54) is 0 Å². The molecule has 1 fully saturated rings. The summed E-state index contributed by atoms with van der Waals surface area (Å²) >= 11 is 0. The van der Waals surface area contributed by atoms with Gasteiger partial charge in [-0.25, -0.2) is 0 Å². The minimum atomic E-state index is -0.505. The van der Waals surface area contributed by atoms with Crippen molar-refractivity contribution < 1.29 is 9.31 Å². The Labute approximate surface area is 107 Å². The van der Waals surface area contributed by atoms with Crippen molar-refractivity contribution in [3.8, 4) is 0 Å². The van der Waals surface area contributed by atoms with Gasteiger partial charge in [0.25, 0.3) is 5.56 Å². The van der Waals surface area contributed by atoms with Gasteiger partial charge in [-0.1, -0.05) is 0 Å². The predicted octanol–water partition coefficient (Wildman–Crippen LogP) is 0.565. The van der Waals surface area contributed by atoms with E-state index in [1.807, 2.05) is 27.7 Å². The summed E-state index contributed by atoms with van der Waals surface area (Å²) in [6.07, 6.45) is 1.61. The average molecular weight is 250 g/mol. The third-order valence-corrected chi connectivity index (χ3v) is 3.95. The summed E-state index contributed by atoms with van der Waals surface area (Å²) in [7, 11) is -0.505. The van der Waals surface area contributed by atoms with Gasteiger partial charge in [0, 0.05) is 11.7 Å². The second kappa shape index (κ2) is 3.86. The first-order valence-electron chi connectivity index (χ1n) is 5.99. The van der Waals surface area contributed by atoms with Crippen molar-refractivity contribution in [2.45, 2.75) is 45.8 Å². The molecule has 0 amide bonds. The lowest BCUT2D eigenvalue weighted by Crippen LogP contribution is -2.41. The highest BCUT2D eigenvalue weighted by atomic mass is 16.7. The first-order valence-corrected chi connectivity index (χ1v) is 5.99. The van der Waals surface area contributed by atoms with Gasteiger partial charge in [-0.2, -0.15) is 0 Å². The number of nitrogen functional groups attached to an aromatic ring is 1. The summed E-state index contributed by atoms with van der Waals surface area (Å²) < 4.78 is 11.9. The molecule has 18 heavy (non-hydrogen) atoms. The van der Waals surface area contributed by atoms with Crippen LogP contribution in [0, 0.1) is 6.92 Å². The summed E-state index contributed by atoms with van der Waals surface area (Å²) in [6, 6.07) is 0. The number of H-pyrrole nitrogens is 1. The van der Waals surface area contributed by atoms with Crippen molar-refractivity contribution in [1.82, 2.24) is 4.98 Å². The molecule has 6 heteroatoms. The molecule has 0 radical (unpaired) electrons. The SMILES string of the molecule is Cc1c(B2OC(C)(C)C(C)(C)O2)c[nH]c(=O)c1N. The number of anilines is 1. The molecule has 3 N–H and O–H groups in total. The van der Waals surface area contributed by atoms with Crippen LogP contribution in [-0.2, 0) is 9.31 Å². The summed E-state index contributed by atoms with van der Waals surface area (Å²) in [6.45, 7) is 9.73. The zero-order valence-corrected chi connectivity index (χ0v) is 11.5. The standard InChI is InChI=1S/C12H19BN2O3/c1-7-8(6-15-10(16)9(7)14)13-17-11(2,3)12(4,5)18-13/h6H,14H2,1-5H3,(H,15,16). The number of hydrogen-bond donors (Lipinski definition) is 2. The van der Waals surface area contributed by atoms with E-state index in [-0.39, 0.29) is 11.2 Å². The van der Waals surface area contributed by atoms with Crippen LogP contribution in [0.15, 0.2) is 11.0 Å². The maximum Gasteiger partial charge on any atom is 0.496 e. The Bertz CT molecular complexity index is 521. The molecule has 0 aliphatic carbocycles. The average Bonchev–Trinajstić information content (AvgIpc) is 2.45. The molecule has 0 unspecified atom stereocenters. The lowest BCUT2D eigenvalue weighted by molar-refractivity contribution is 0.00578. The number of nitrogens with one attached hydrogen (secondary N) is 1. The molecule has 1 saturated heterocycles. The largest absolute Gasteiger partial charge is 0.496 e. The smallest absolute Gasteiger partial charge is 0.399 e. The number of pyridine rings is 1. The maximum atomic E-state index is 11.4. The third kappa shape index (κ3) is 1.85. The monoisotopic (exact) mass is 250 g/mol. The van der Waals surface area contributed by atoms with Crippen molar-refractivity contribution in [2.75, 3.05) is 5.73 Å². The van der Waals surface area contributed by atoms with E-state index >= 15 is 0 Å². The van der Waals surface area contributed by atoms with E-state index in [1.54, 1.807) is 13.1 Å². The van der Waals surface area contributed by atoms with Gasteiger partial charge in [0.2, 0.25) is 0 Å². The third-order valence-electron chi connectivity index (χ3n) is 3.95. The van der Waals surface area contributed by atoms with E-state index in [0.717, 1.165) is 5.46 Å². The molecular formula is C12H19BN2O3. The van der Waals surface area contributed by atoms with Crippen LogP contribution in [-0.4, -0.2) is 23.3 Å². The number of aromatic nitrogens is 1. The summed E-state index contributed by atoms with van der Waals surface area (Å²) in [4.78, 5) is 14.0.